The molecule has 3 N–H and O–H groups in total. The number of ether oxygens (including phenoxy) is 1. The molecule has 7 heteroatoms. The average molecular weight is 277 g/mol. The Kier molecular flexibility index (Phi) is 4.19. The topological polar surface area (TPSA) is 95.1 Å². The van der Waals surface area contributed by atoms with E-state index in [1.807, 2.05) is 14.0 Å². The molecule has 0 radical (unpaired) electrons. The van der Waals surface area contributed by atoms with Gasteiger partial charge < -0.3 is 15.8 Å². The second kappa shape index (κ2) is 5.87. The van der Waals surface area contributed by atoms with Gasteiger partial charge in [0.05, 0.1) is 23.4 Å². The van der Waals surface area contributed by atoms with Crippen LogP contribution in [0.2, 0.25) is 0 Å². The number of carbonyl (C=O) groups excluding carboxylic acids is 1. The zero-order valence-electron chi connectivity index (χ0n) is 11.9. The minimum absolute atomic E-state index is 0.319. The van der Waals surface area contributed by atoms with E-state index in [0.717, 1.165) is 16.7 Å². The lowest BCUT2D eigenvalue weighted by molar-refractivity contribution is 0.0527. The molecule has 108 valence electrons. The number of carbonyl (C=O) groups is 1. The molecule has 2 rings (SSSR count). The summed E-state index contributed by atoms with van der Waals surface area (Å²) in [5.41, 5.74) is 8.15. The van der Waals surface area contributed by atoms with Gasteiger partial charge in [0.25, 0.3) is 0 Å². The second-order valence-corrected chi connectivity index (χ2v) is 4.39. The smallest absolute Gasteiger partial charge is 0.341 e. The molecule has 0 aromatic carbocycles. The predicted molar refractivity (Wildman–Crippen MR) is 76.7 cm³/mol. The highest BCUT2D eigenvalue weighted by Crippen LogP contribution is 2.28. The molecule has 0 saturated carbocycles. The van der Waals surface area contributed by atoms with E-state index in [0.29, 0.717) is 30.9 Å². The fourth-order valence-electron chi connectivity index (χ4n) is 2.16. The molecule has 0 aliphatic heterocycles. The number of fused-ring (bicyclic) bond motifs is 1. The van der Waals surface area contributed by atoms with Crippen LogP contribution in [0.15, 0.2) is 6.20 Å². The predicted octanol–water partition coefficient (Wildman–Crippen LogP) is 0.824. The van der Waals surface area contributed by atoms with Crippen molar-refractivity contribution in [3.8, 4) is 0 Å². The Labute approximate surface area is 117 Å². The Balaban J connectivity index is 2.62. The van der Waals surface area contributed by atoms with Crippen molar-refractivity contribution in [1.29, 1.82) is 0 Å². The highest BCUT2D eigenvalue weighted by molar-refractivity contribution is 6.05. The maximum absolute atomic E-state index is 12.0. The summed E-state index contributed by atoms with van der Waals surface area (Å²) in [5.74, 6) is -0.398. The number of nitrogens with one attached hydrogen (secondary N) is 1. The quantitative estimate of drug-likeness (QED) is 0.786. The third-order valence-corrected chi connectivity index (χ3v) is 2.97. The van der Waals surface area contributed by atoms with Gasteiger partial charge in [-0.05, 0) is 13.8 Å². The van der Waals surface area contributed by atoms with Gasteiger partial charge in [0.1, 0.15) is 5.56 Å². The van der Waals surface area contributed by atoms with E-state index >= 15 is 0 Å². The van der Waals surface area contributed by atoms with E-state index in [1.54, 1.807) is 11.6 Å². The summed E-state index contributed by atoms with van der Waals surface area (Å²) in [4.78, 5) is 16.3. The van der Waals surface area contributed by atoms with E-state index < -0.39 is 5.97 Å². The lowest BCUT2D eigenvalue weighted by Gasteiger charge is -2.12. The number of pyridine rings is 1. The zero-order chi connectivity index (χ0) is 14.7. The lowest BCUT2D eigenvalue weighted by Crippen LogP contribution is -2.17. The summed E-state index contributed by atoms with van der Waals surface area (Å²) >= 11 is 0. The molecule has 0 spiro atoms. The number of rotatable bonds is 5. The molecule has 0 unspecified atom stereocenters. The number of anilines is 1. The summed E-state index contributed by atoms with van der Waals surface area (Å²) in [6, 6.07) is 0. The Bertz CT molecular complexity index is 635. The monoisotopic (exact) mass is 277 g/mol. The number of nitrogens with two attached hydrogens (primary N) is 1. The number of aryl methyl sites for hydroxylation is 2. The number of aromatic nitrogens is 3. The molecular weight excluding hydrogens is 258 g/mol. The van der Waals surface area contributed by atoms with Crippen molar-refractivity contribution in [3.05, 3.63) is 17.5 Å². The molecule has 0 saturated heterocycles. The summed E-state index contributed by atoms with van der Waals surface area (Å²) in [5, 5.41) is 8.34. The van der Waals surface area contributed by atoms with Gasteiger partial charge in [0.2, 0.25) is 0 Å². The third-order valence-electron chi connectivity index (χ3n) is 2.97. The SMILES string of the molecule is CCOC(=O)c1cnc2c(c(C)nn2C)c1NCCN. The van der Waals surface area contributed by atoms with Gasteiger partial charge in [-0.1, -0.05) is 0 Å². The van der Waals surface area contributed by atoms with Gasteiger partial charge in [-0.2, -0.15) is 5.10 Å². The average Bonchev–Trinajstić information content (AvgIpc) is 2.72. The van der Waals surface area contributed by atoms with Crippen molar-refractivity contribution in [1.82, 2.24) is 14.8 Å². The Morgan fingerprint density at radius 3 is 2.95 bits per heavy atom. The van der Waals surface area contributed by atoms with E-state index in [-0.39, 0.29) is 0 Å². The normalized spacial score (nSPS) is 10.8. The fourth-order valence-corrected chi connectivity index (χ4v) is 2.16. The van der Waals surface area contributed by atoms with Crippen LogP contribution in [0.5, 0.6) is 0 Å². The van der Waals surface area contributed by atoms with E-state index in [1.165, 1.54) is 6.20 Å². The van der Waals surface area contributed by atoms with Gasteiger partial charge in [-0.3, -0.25) is 4.68 Å². The molecule has 0 fully saturated rings. The van der Waals surface area contributed by atoms with Crippen LogP contribution in [0, 0.1) is 6.92 Å². The van der Waals surface area contributed by atoms with Crippen LogP contribution in [0.4, 0.5) is 5.69 Å². The molecule has 2 aromatic rings. The zero-order valence-corrected chi connectivity index (χ0v) is 11.9. The minimum Gasteiger partial charge on any atom is -0.462 e. The first kappa shape index (κ1) is 14.3. The first-order chi connectivity index (χ1) is 9.60. The maximum atomic E-state index is 12.0. The summed E-state index contributed by atoms with van der Waals surface area (Å²) < 4.78 is 6.75. The molecule has 0 amide bonds. The van der Waals surface area contributed by atoms with Crippen molar-refractivity contribution in [3.63, 3.8) is 0 Å². The van der Waals surface area contributed by atoms with Crippen molar-refractivity contribution in [2.24, 2.45) is 12.8 Å². The molecular formula is C13H19N5O2. The van der Waals surface area contributed by atoms with Gasteiger partial charge in [-0.25, -0.2) is 9.78 Å². The molecule has 0 atom stereocenters. The van der Waals surface area contributed by atoms with E-state index in [4.69, 9.17) is 10.5 Å². The molecule has 0 aliphatic carbocycles. The number of hydrogen-bond donors (Lipinski definition) is 2. The molecule has 20 heavy (non-hydrogen) atoms. The van der Waals surface area contributed by atoms with E-state index in [2.05, 4.69) is 15.4 Å². The second-order valence-electron chi connectivity index (χ2n) is 4.39. The molecule has 2 heterocycles. The van der Waals surface area contributed by atoms with Gasteiger partial charge in [-0.15, -0.1) is 0 Å². The van der Waals surface area contributed by atoms with Crippen molar-refractivity contribution in [2.45, 2.75) is 13.8 Å². The third kappa shape index (κ3) is 2.44. The molecule has 2 aromatic heterocycles. The van der Waals surface area contributed by atoms with Gasteiger partial charge in [0, 0.05) is 26.3 Å². The van der Waals surface area contributed by atoms with Gasteiger partial charge in [0.15, 0.2) is 5.65 Å². The maximum Gasteiger partial charge on any atom is 0.341 e. The highest BCUT2D eigenvalue weighted by Gasteiger charge is 2.20. The van der Waals surface area contributed by atoms with Crippen molar-refractivity contribution in [2.75, 3.05) is 25.0 Å². The Morgan fingerprint density at radius 2 is 2.30 bits per heavy atom. The van der Waals surface area contributed by atoms with Crippen LogP contribution in [0.25, 0.3) is 11.0 Å². The summed E-state index contributed by atoms with van der Waals surface area (Å²) in [7, 11) is 1.82. The first-order valence-corrected chi connectivity index (χ1v) is 6.53. The molecule has 0 aliphatic rings. The van der Waals surface area contributed by atoms with E-state index in [9.17, 15) is 4.79 Å². The largest absolute Gasteiger partial charge is 0.462 e. The van der Waals surface area contributed by atoms with Crippen LogP contribution < -0.4 is 11.1 Å². The Morgan fingerprint density at radius 1 is 1.55 bits per heavy atom. The number of nitrogens with zero attached hydrogens (tertiary/aromatic N) is 3. The standard InChI is InChI=1S/C13H19N5O2/c1-4-20-13(19)9-7-16-12-10(8(2)17-18(12)3)11(9)15-6-5-14/h7H,4-6,14H2,1-3H3,(H,15,16). The van der Waals surface area contributed by atoms with Gasteiger partial charge >= 0.3 is 5.97 Å². The lowest BCUT2D eigenvalue weighted by atomic mass is 10.1. The summed E-state index contributed by atoms with van der Waals surface area (Å²) in [6.07, 6.45) is 1.51. The van der Waals surface area contributed by atoms with Crippen LogP contribution in [0.1, 0.15) is 23.0 Å². The molecule has 7 nitrogen and oxygen atoms in total. The summed E-state index contributed by atoms with van der Waals surface area (Å²) in [6.45, 7) is 4.99. The minimum atomic E-state index is -0.398. The van der Waals surface area contributed by atoms with Crippen LogP contribution in [-0.2, 0) is 11.8 Å². The van der Waals surface area contributed by atoms with Crippen molar-refractivity contribution >= 4 is 22.7 Å². The first-order valence-electron chi connectivity index (χ1n) is 6.53. The number of esters is 1. The van der Waals surface area contributed by atoms with Crippen LogP contribution in [-0.4, -0.2) is 40.4 Å². The van der Waals surface area contributed by atoms with Crippen LogP contribution in [0.3, 0.4) is 0 Å². The van der Waals surface area contributed by atoms with Crippen LogP contribution >= 0.6 is 0 Å². The Hall–Kier alpha value is -2.15. The number of hydrogen-bond acceptors (Lipinski definition) is 6. The highest BCUT2D eigenvalue weighted by atomic mass is 16.5. The van der Waals surface area contributed by atoms with Crippen molar-refractivity contribution < 1.29 is 9.53 Å². The molecule has 0 bridgehead atoms. The fraction of sp³-hybridized carbons (Fsp3) is 0.462.